The van der Waals surface area contributed by atoms with E-state index in [0.717, 1.165) is 19.3 Å². The van der Waals surface area contributed by atoms with Crippen LogP contribution in [0.15, 0.2) is 0 Å². The molecule has 1 rings (SSSR count). The van der Waals surface area contributed by atoms with Gasteiger partial charge in [0.15, 0.2) is 0 Å². The van der Waals surface area contributed by atoms with Gasteiger partial charge in [0.05, 0.1) is 0 Å². The van der Waals surface area contributed by atoms with Crippen LogP contribution in [0.4, 0.5) is 0 Å². The Labute approximate surface area is 67.3 Å². The molecule has 3 unspecified atom stereocenters. The maximum Gasteiger partial charge on any atom is 0.0473 e. The fourth-order valence-corrected chi connectivity index (χ4v) is 1.76. The molecule has 0 aromatic heterocycles. The Balaban J connectivity index is 2.64. The molecular weight excluding hydrogens is 140 g/mol. The van der Waals surface area contributed by atoms with Gasteiger partial charge in [0.1, 0.15) is 0 Å². The lowest BCUT2D eigenvalue weighted by Crippen LogP contribution is -2.65. The summed E-state index contributed by atoms with van der Waals surface area (Å²) in [6.45, 7) is 0.421. The molecule has 1 aliphatic carbocycles. The van der Waals surface area contributed by atoms with E-state index in [1.807, 2.05) is 0 Å². The molecule has 1 fully saturated rings. The largest absolute Gasteiger partial charge is 0.329 e. The van der Waals surface area contributed by atoms with Crippen molar-refractivity contribution in [2.45, 2.75) is 36.9 Å². The fourth-order valence-electron chi connectivity index (χ4n) is 1.76. The molecule has 0 aromatic rings. The van der Waals surface area contributed by atoms with Crippen molar-refractivity contribution in [2.75, 3.05) is 6.54 Å². The normalized spacial score (nSPS) is 40.9. The zero-order valence-electron chi connectivity index (χ0n) is 6.79. The lowest BCUT2D eigenvalue weighted by Gasteiger charge is -2.34. The van der Waals surface area contributed by atoms with Crippen molar-refractivity contribution in [1.82, 2.24) is 0 Å². The summed E-state index contributed by atoms with van der Waals surface area (Å²) in [5.74, 6) is 0. The molecule has 0 aliphatic heterocycles. The van der Waals surface area contributed by atoms with Crippen LogP contribution in [-0.4, -0.2) is 24.2 Å². The highest BCUT2D eigenvalue weighted by molar-refractivity contribution is 5.06. The molecule has 0 radical (unpaired) electrons. The molecule has 66 valence electrons. The standard InChI is InChI=1S/C7H18N4/c8-4-6(10)7(11)3-1-2-5(7)9/h5-6H,1-4,8-11H2. The summed E-state index contributed by atoms with van der Waals surface area (Å²) in [7, 11) is 0. The van der Waals surface area contributed by atoms with Gasteiger partial charge in [-0.05, 0) is 19.3 Å². The van der Waals surface area contributed by atoms with Crippen LogP contribution in [-0.2, 0) is 0 Å². The molecule has 4 nitrogen and oxygen atoms in total. The van der Waals surface area contributed by atoms with E-state index in [-0.39, 0.29) is 12.1 Å². The number of hydrogen-bond acceptors (Lipinski definition) is 4. The lowest BCUT2D eigenvalue weighted by molar-refractivity contribution is 0.321. The van der Waals surface area contributed by atoms with Gasteiger partial charge < -0.3 is 22.9 Å². The van der Waals surface area contributed by atoms with Gasteiger partial charge in [0.25, 0.3) is 0 Å². The van der Waals surface area contributed by atoms with Crippen molar-refractivity contribution < 1.29 is 0 Å². The third-order valence-corrected chi connectivity index (χ3v) is 2.76. The maximum absolute atomic E-state index is 6.03. The molecule has 0 bridgehead atoms. The smallest absolute Gasteiger partial charge is 0.0473 e. The highest BCUT2D eigenvalue weighted by Gasteiger charge is 2.41. The zero-order valence-corrected chi connectivity index (χ0v) is 6.79. The molecule has 0 saturated heterocycles. The molecule has 1 saturated carbocycles. The molecule has 3 atom stereocenters. The summed E-state index contributed by atoms with van der Waals surface area (Å²) in [5, 5.41) is 0. The molecule has 8 N–H and O–H groups in total. The molecule has 0 amide bonds. The molecule has 11 heavy (non-hydrogen) atoms. The summed E-state index contributed by atoms with van der Waals surface area (Å²) in [5.41, 5.74) is 22.7. The first-order valence-corrected chi connectivity index (χ1v) is 4.11. The van der Waals surface area contributed by atoms with Crippen LogP contribution in [0.2, 0.25) is 0 Å². The van der Waals surface area contributed by atoms with Crippen LogP contribution in [0.25, 0.3) is 0 Å². The summed E-state index contributed by atoms with van der Waals surface area (Å²) < 4.78 is 0. The first kappa shape index (κ1) is 8.93. The summed E-state index contributed by atoms with van der Waals surface area (Å²) in [6, 6.07) is -0.124. The van der Waals surface area contributed by atoms with Crippen LogP contribution in [0, 0.1) is 0 Å². The molecule has 0 spiro atoms. The van der Waals surface area contributed by atoms with E-state index < -0.39 is 5.54 Å². The van der Waals surface area contributed by atoms with Gasteiger partial charge in [-0.1, -0.05) is 0 Å². The van der Waals surface area contributed by atoms with Crippen molar-refractivity contribution in [3.05, 3.63) is 0 Å². The molecule has 0 heterocycles. The van der Waals surface area contributed by atoms with Crippen molar-refractivity contribution in [3.8, 4) is 0 Å². The third kappa shape index (κ3) is 1.39. The lowest BCUT2D eigenvalue weighted by atomic mass is 9.87. The fraction of sp³-hybridized carbons (Fsp3) is 1.00. The van der Waals surface area contributed by atoms with Gasteiger partial charge in [0, 0.05) is 24.2 Å². The van der Waals surface area contributed by atoms with Crippen LogP contribution in [0.1, 0.15) is 19.3 Å². The van der Waals surface area contributed by atoms with E-state index in [9.17, 15) is 0 Å². The van der Waals surface area contributed by atoms with E-state index >= 15 is 0 Å². The highest BCUT2D eigenvalue weighted by Crippen LogP contribution is 2.28. The number of rotatable bonds is 2. The average Bonchev–Trinajstić information content (AvgIpc) is 2.32. The van der Waals surface area contributed by atoms with Gasteiger partial charge in [-0.15, -0.1) is 0 Å². The van der Waals surface area contributed by atoms with Crippen LogP contribution >= 0.6 is 0 Å². The summed E-state index contributed by atoms with van der Waals surface area (Å²) in [6.07, 6.45) is 2.96. The van der Waals surface area contributed by atoms with E-state index in [1.54, 1.807) is 0 Å². The quantitative estimate of drug-likeness (QED) is 0.392. The van der Waals surface area contributed by atoms with E-state index in [4.69, 9.17) is 22.9 Å². The van der Waals surface area contributed by atoms with Gasteiger partial charge in [-0.2, -0.15) is 0 Å². The minimum Gasteiger partial charge on any atom is -0.329 e. The SMILES string of the molecule is NCC(N)C1(N)CCCC1N. The predicted octanol–water partition coefficient (Wildman–Crippen LogP) is -1.52. The van der Waals surface area contributed by atoms with Crippen molar-refractivity contribution in [2.24, 2.45) is 22.9 Å². The van der Waals surface area contributed by atoms with Gasteiger partial charge in [-0.3, -0.25) is 0 Å². The maximum atomic E-state index is 6.03. The van der Waals surface area contributed by atoms with Crippen LogP contribution in [0.5, 0.6) is 0 Å². The third-order valence-electron chi connectivity index (χ3n) is 2.76. The Morgan fingerprint density at radius 1 is 1.55 bits per heavy atom. The second-order valence-corrected chi connectivity index (χ2v) is 3.45. The minimum atomic E-state index is -0.408. The molecule has 4 heteroatoms. The first-order chi connectivity index (χ1) is 5.11. The van der Waals surface area contributed by atoms with Crippen molar-refractivity contribution in [1.29, 1.82) is 0 Å². The molecule has 1 aliphatic rings. The Bertz CT molecular complexity index is 138. The Morgan fingerprint density at radius 3 is 2.55 bits per heavy atom. The number of nitrogens with two attached hydrogens (primary N) is 4. The predicted molar refractivity (Wildman–Crippen MR) is 45.8 cm³/mol. The second kappa shape index (κ2) is 3.06. The average molecular weight is 158 g/mol. The van der Waals surface area contributed by atoms with Gasteiger partial charge in [-0.25, -0.2) is 0 Å². The topological polar surface area (TPSA) is 104 Å². The summed E-state index contributed by atoms with van der Waals surface area (Å²) >= 11 is 0. The van der Waals surface area contributed by atoms with Crippen molar-refractivity contribution in [3.63, 3.8) is 0 Å². The second-order valence-electron chi connectivity index (χ2n) is 3.45. The Morgan fingerprint density at radius 2 is 2.18 bits per heavy atom. The van der Waals surface area contributed by atoms with Gasteiger partial charge >= 0.3 is 0 Å². The highest BCUT2D eigenvalue weighted by atomic mass is 15.0. The van der Waals surface area contributed by atoms with E-state index in [1.165, 1.54) is 0 Å². The van der Waals surface area contributed by atoms with E-state index in [2.05, 4.69) is 0 Å². The van der Waals surface area contributed by atoms with Gasteiger partial charge in [0.2, 0.25) is 0 Å². The van der Waals surface area contributed by atoms with Crippen LogP contribution < -0.4 is 22.9 Å². The minimum absolute atomic E-state index is 0.0287. The summed E-state index contributed by atoms with van der Waals surface area (Å²) in [4.78, 5) is 0. The first-order valence-electron chi connectivity index (χ1n) is 4.11. The monoisotopic (exact) mass is 158 g/mol. The molecule has 0 aromatic carbocycles. The van der Waals surface area contributed by atoms with E-state index in [0.29, 0.717) is 6.54 Å². The number of hydrogen-bond donors (Lipinski definition) is 4. The van der Waals surface area contributed by atoms with Crippen molar-refractivity contribution >= 4 is 0 Å². The zero-order chi connectivity index (χ0) is 8.48. The Kier molecular flexibility index (Phi) is 2.49. The van der Waals surface area contributed by atoms with Crippen LogP contribution in [0.3, 0.4) is 0 Å². The Hall–Kier alpha value is -0.160. The molecular formula is C7H18N4.